The van der Waals surface area contributed by atoms with Gasteiger partial charge in [-0.2, -0.15) is 5.26 Å². The van der Waals surface area contributed by atoms with Gasteiger partial charge in [0.05, 0.1) is 12.6 Å². The van der Waals surface area contributed by atoms with E-state index in [2.05, 4.69) is 41.2 Å². The zero-order chi connectivity index (χ0) is 13.0. The van der Waals surface area contributed by atoms with Crippen molar-refractivity contribution in [3.8, 4) is 6.07 Å². The van der Waals surface area contributed by atoms with Gasteiger partial charge in [0.1, 0.15) is 0 Å². The Labute approximate surface area is 109 Å². The number of likely N-dealkylation sites (N-methyl/N-ethyl adjacent to an activating group) is 1. The average Bonchev–Trinajstić information content (AvgIpc) is 2.31. The maximum Gasteiger partial charge on any atom is 0.0847 e. The molecule has 0 bridgehead atoms. The van der Waals surface area contributed by atoms with Crippen LogP contribution in [-0.4, -0.2) is 24.0 Å². The quantitative estimate of drug-likeness (QED) is 0.769. The van der Waals surface area contributed by atoms with Gasteiger partial charge >= 0.3 is 0 Å². The Kier molecular flexibility index (Phi) is 3.69. The zero-order valence-corrected chi connectivity index (χ0v) is 10.8. The van der Waals surface area contributed by atoms with E-state index in [1.165, 1.54) is 12.0 Å². The third-order valence-electron chi connectivity index (χ3n) is 3.73. The Morgan fingerprint density at radius 3 is 2.83 bits per heavy atom. The van der Waals surface area contributed by atoms with Crippen LogP contribution in [0.5, 0.6) is 0 Å². The third-order valence-corrected chi connectivity index (χ3v) is 3.73. The molecule has 1 aliphatic carbocycles. The molecule has 94 valence electrons. The highest BCUT2D eigenvalue weighted by Crippen LogP contribution is 2.40. The van der Waals surface area contributed by atoms with Crippen LogP contribution in [0, 0.1) is 11.3 Å². The number of hydrogen-bond donors (Lipinski definition) is 1. The molecule has 0 saturated heterocycles. The molecular weight excluding hydrogens is 222 g/mol. The minimum Gasteiger partial charge on any atom is -0.351 e. The van der Waals surface area contributed by atoms with Crippen molar-refractivity contribution in [1.29, 1.82) is 5.26 Å². The summed E-state index contributed by atoms with van der Waals surface area (Å²) < 4.78 is 0. The van der Waals surface area contributed by atoms with Crippen LogP contribution < -0.4 is 5.32 Å². The Morgan fingerprint density at radius 1 is 1.56 bits per heavy atom. The molecule has 0 atom stereocenters. The molecule has 18 heavy (non-hydrogen) atoms. The molecule has 3 nitrogen and oxygen atoms in total. The van der Waals surface area contributed by atoms with Crippen molar-refractivity contribution in [2.45, 2.75) is 24.8 Å². The van der Waals surface area contributed by atoms with Crippen LogP contribution in [0.1, 0.15) is 19.3 Å². The second-order valence-electron chi connectivity index (χ2n) is 4.80. The summed E-state index contributed by atoms with van der Waals surface area (Å²) in [6.45, 7) is 4.13. The van der Waals surface area contributed by atoms with Crippen LogP contribution in [0.3, 0.4) is 0 Å². The minimum absolute atomic E-state index is 0.0141. The fourth-order valence-electron chi connectivity index (χ4n) is 2.50. The predicted octanol–water partition coefficient (Wildman–Crippen LogP) is 2.48. The Morgan fingerprint density at radius 2 is 2.33 bits per heavy atom. The van der Waals surface area contributed by atoms with E-state index in [0.29, 0.717) is 6.54 Å². The van der Waals surface area contributed by atoms with Crippen molar-refractivity contribution in [2.75, 3.05) is 13.6 Å². The molecule has 0 unspecified atom stereocenters. The van der Waals surface area contributed by atoms with Crippen LogP contribution in [0.4, 0.5) is 0 Å². The SMILES string of the molecule is C=C/C=C1/C=CC(C2(NCC#N)CCC2)=CN1C. The first-order valence-corrected chi connectivity index (χ1v) is 6.30. The lowest BCUT2D eigenvalue weighted by molar-refractivity contribution is 0.240. The number of allylic oxidation sites excluding steroid dienone is 3. The summed E-state index contributed by atoms with van der Waals surface area (Å²) >= 11 is 0. The van der Waals surface area contributed by atoms with Crippen molar-refractivity contribution >= 4 is 0 Å². The summed E-state index contributed by atoms with van der Waals surface area (Å²) in [6, 6.07) is 2.17. The second kappa shape index (κ2) is 5.24. The molecule has 0 radical (unpaired) electrons. The van der Waals surface area contributed by atoms with Gasteiger partial charge in [-0.25, -0.2) is 0 Å². The molecule has 1 heterocycles. The van der Waals surface area contributed by atoms with Gasteiger partial charge in [0, 0.05) is 24.5 Å². The van der Waals surface area contributed by atoms with Gasteiger partial charge in [0.15, 0.2) is 0 Å². The first kappa shape index (κ1) is 12.7. The van der Waals surface area contributed by atoms with Crippen molar-refractivity contribution in [1.82, 2.24) is 10.2 Å². The molecule has 1 fully saturated rings. The summed E-state index contributed by atoms with van der Waals surface area (Å²) in [5.41, 5.74) is 2.41. The summed E-state index contributed by atoms with van der Waals surface area (Å²) in [6.07, 6.45) is 13.6. The topological polar surface area (TPSA) is 39.1 Å². The largest absolute Gasteiger partial charge is 0.351 e. The Hall–Kier alpha value is -1.79. The smallest absolute Gasteiger partial charge is 0.0847 e. The number of nitrogens with one attached hydrogen (secondary N) is 1. The number of nitriles is 1. The Bertz CT molecular complexity index is 459. The maximum atomic E-state index is 8.73. The van der Waals surface area contributed by atoms with Crippen molar-refractivity contribution in [3.05, 3.63) is 48.4 Å². The lowest BCUT2D eigenvalue weighted by Gasteiger charge is -2.45. The second-order valence-corrected chi connectivity index (χ2v) is 4.80. The molecule has 2 aliphatic rings. The molecular formula is C15H19N3. The summed E-state index contributed by atoms with van der Waals surface area (Å²) in [7, 11) is 2.04. The molecule has 3 heteroatoms. The first-order chi connectivity index (χ1) is 8.72. The van der Waals surface area contributed by atoms with E-state index in [1.54, 1.807) is 6.08 Å². The standard InChI is InChI=1S/C15H19N3/c1-3-5-14-7-6-13(12-18(14)2)15(8-4-9-15)17-11-10-16/h3,5-7,12,17H,1,4,8-9,11H2,2H3/b14-5-. The monoisotopic (exact) mass is 241 g/mol. The average molecular weight is 241 g/mol. The van der Waals surface area contributed by atoms with Gasteiger partial charge in [-0.3, -0.25) is 5.32 Å². The highest BCUT2D eigenvalue weighted by atomic mass is 15.1. The van der Waals surface area contributed by atoms with E-state index >= 15 is 0 Å². The van der Waals surface area contributed by atoms with Crippen LogP contribution in [0.2, 0.25) is 0 Å². The van der Waals surface area contributed by atoms with Gasteiger partial charge in [-0.1, -0.05) is 18.7 Å². The fourth-order valence-corrected chi connectivity index (χ4v) is 2.50. The van der Waals surface area contributed by atoms with Crippen LogP contribution in [-0.2, 0) is 0 Å². The van der Waals surface area contributed by atoms with Gasteiger partial charge in [0.2, 0.25) is 0 Å². The highest BCUT2D eigenvalue weighted by Gasteiger charge is 2.39. The minimum atomic E-state index is 0.0141. The Balaban J connectivity index is 2.17. The maximum absolute atomic E-state index is 8.73. The van der Waals surface area contributed by atoms with Crippen molar-refractivity contribution in [3.63, 3.8) is 0 Å². The number of hydrogen-bond acceptors (Lipinski definition) is 3. The number of nitrogens with zero attached hydrogens (tertiary/aromatic N) is 2. The first-order valence-electron chi connectivity index (χ1n) is 6.30. The van der Waals surface area contributed by atoms with E-state index in [-0.39, 0.29) is 5.54 Å². The van der Waals surface area contributed by atoms with E-state index < -0.39 is 0 Å². The molecule has 0 aromatic rings. The molecule has 1 N–H and O–H groups in total. The van der Waals surface area contributed by atoms with Crippen molar-refractivity contribution in [2.24, 2.45) is 0 Å². The molecule has 0 aromatic carbocycles. The molecule has 0 spiro atoms. The van der Waals surface area contributed by atoms with Crippen LogP contribution in [0.15, 0.2) is 48.4 Å². The van der Waals surface area contributed by atoms with E-state index in [9.17, 15) is 0 Å². The molecule has 0 amide bonds. The lowest BCUT2D eigenvalue weighted by atomic mass is 9.71. The zero-order valence-electron chi connectivity index (χ0n) is 10.8. The third kappa shape index (κ3) is 2.25. The molecule has 2 rings (SSSR count). The van der Waals surface area contributed by atoms with E-state index in [1.807, 2.05) is 13.1 Å². The number of rotatable bonds is 4. The van der Waals surface area contributed by atoms with E-state index in [0.717, 1.165) is 18.5 Å². The van der Waals surface area contributed by atoms with Gasteiger partial charge < -0.3 is 4.90 Å². The lowest BCUT2D eigenvalue weighted by Crippen LogP contribution is -2.52. The fraction of sp³-hybridized carbons (Fsp3) is 0.400. The normalized spacial score (nSPS) is 23.2. The molecule has 0 aromatic heterocycles. The summed E-state index contributed by atoms with van der Waals surface area (Å²) in [4.78, 5) is 2.10. The van der Waals surface area contributed by atoms with Gasteiger partial charge in [-0.15, -0.1) is 0 Å². The predicted molar refractivity (Wildman–Crippen MR) is 73.5 cm³/mol. The van der Waals surface area contributed by atoms with Crippen molar-refractivity contribution < 1.29 is 0 Å². The highest BCUT2D eigenvalue weighted by molar-refractivity contribution is 5.42. The molecule has 1 aliphatic heterocycles. The van der Waals surface area contributed by atoms with Crippen LogP contribution >= 0.6 is 0 Å². The van der Waals surface area contributed by atoms with Crippen LogP contribution in [0.25, 0.3) is 0 Å². The summed E-state index contributed by atoms with van der Waals surface area (Å²) in [5.74, 6) is 0. The van der Waals surface area contributed by atoms with Gasteiger partial charge in [0.25, 0.3) is 0 Å². The van der Waals surface area contributed by atoms with E-state index in [4.69, 9.17) is 5.26 Å². The van der Waals surface area contributed by atoms with Gasteiger partial charge in [-0.05, 0) is 37.0 Å². The summed E-state index contributed by atoms with van der Waals surface area (Å²) in [5, 5.41) is 12.1. The molecule has 1 saturated carbocycles.